The second-order valence-corrected chi connectivity index (χ2v) is 9.53. The standard InChI is InChI=1S/C28H34N4O8/c1-15(2)23(39-17(5)33)27(37)29-21-13-9-7-11-19(21)25(35)31-32-26(36)20-12-8-10-14-22(20)30-28(38)24(16(3)4)40-18(6)34/h7-16,23-24H,1-6H3,(H,29,37)(H,30,38)(H,31,35)(H,32,36)/t23-,24-/m0/s1. The van der Waals surface area contributed by atoms with Gasteiger partial charge in [0.05, 0.1) is 22.5 Å². The highest BCUT2D eigenvalue weighted by molar-refractivity contribution is 6.08. The van der Waals surface area contributed by atoms with Crippen molar-refractivity contribution in [2.45, 2.75) is 53.8 Å². The van der Waals surface area contributed by atoms with Crippen LogP contribution in [0.25, 0.3) is 0 Å². The molecular formula is C28H34N4O8. The number of ether oxygens (including phenoxy) is 2. The van der Waals surface area contributed by atoms with Crippen molar-refractivity contribution in [1.82, 2.24) is 10.9 Å². The van der Waals surface area contributed by atoms with Gasteiger partial charge in [-0.05, 0) is 36.1 Å². The van der Waals surface area contributed by atoms with Crippen LogP contribution in [0.5, 0.6) is 0 Å². The molecule has 0 fully saturated rings. The topological polar surface area (TPSA) is 169 Å². The average Bonchev–Trinajstić information content (AvgIpc) is 2.88. The number of amides is 4. The number of carbonyl (C=O) groups is 6. The van der Waals surface area contributed by atoms with E-state index in [9.17, 15) is 28.8 Å². The maximum atomic E-state index is 12.9. The van der Waals surface area contributed by atoms with Crippen LogP contribution in [0, 0.1) is 11.8 Å². The lowest BCUT2D eigenvalue weighted by Gasteiger charge is -2.21. The minimum Gasteiger partial charge on any atom is -0.452 e. The third kappa shape index (κ3) is 8.93. The summed E-state index contributed by atoms with van der Waals surface area (Å²) in [5.41, 5.74) is 4.90. The molecule has 0 radical (unpaired) electrons. The van der Waals surface area contributed by atoms with Crippen LogP contribution in [-0.2, 0) is 28.7 Å². The molecule has 40 heavy (non-hydrogen) atoms. The lowest BCUT2D eigenvalue weighted by molar-refractivity contribution is -0.154. The van der Waals surface area contributed by atoms with Gasteiger partial charge in [0.1, 0.15) is 0 Å². The van der Waals surface area contributed by atoms with Crippen LogP contribution in [0.15, 0.2) is 48.5 Å². The summed E-state index contributed by atoms with van der Waals surface area (Å²) >= 11 is 0. The number of benzene rings is 2. The molecule has 4 amide bonds. The number of nitrogens with one attached hydrogen (secondary N) is 4. The largest absolute Gasteiger partial charge is 0.452 e. The summed E-state index contributed by atoms with van der Waals surface area (Å²) in [6.07, 6.45) is -2.15. The van der Waals surface area contributed by atoms with Gasteiger partial charge < -0.3 is 20.1 Å². The molecule has 2 aromatic rings. The molecule has 0 aliphatic rings. The van der Waals surface area contributed by atoms with Crippen LogP contribution in [-0.4, -0.2) is 47.8 Å². The van der Waals surface area contributed by atoms with Gasteiger partial charge in [0.15, 0.2) is 12.2 Å². The number of rotatable bonds is 10. The third-order valence-corrected chi connectivity index (χ3v) is 5.46. The van der Waals surface area contributed by atoms with E-state index in [0.717, 1.165) is 0 Å². The summed E-state index contributed by atoms with van der Waals surface area (Å²) in [5.74, 6) is -4.61. The fourth-order valence-corrected chi connectivity index (χ4v) is 3.58. The van der Waals surface area contributed by atoms with E-state index in [1.807, 2.05) is 0 Å². The normalized spacial score (nSPS) is 12.1. The Kier molecular flexibility index (Phi) is 11.4. The summed E-state index contributed by atoms with van der Waals surface area (Å²) in [5, 5.41) is 5.18. The molecule has 0 unspecified atom stereocenters. The van der Waals surface area contributed by atoms with Gasteiger partial charge in [-0.25, -0.2) is 0 Å². The Balaban J connectivity index is 2.15. The Labute approximate surface area is 232 Å². The first-order valence-corrected chi connectivity index (χ1v) is 12.6. The van der Waals surface area contributed by atoms with Gasteiger partial charge in [0, 0.05) is 13.8 Å². The van der Waals surface area contributed by atoms with Crippen LogP contribution in [0.4, 0.5) is 11.4 Å². The number of anilines is 2. The van der Waals surface area contributed by atoms with Gasteiger partial charge in [0.25, 0.3) is 23.6 Å². The van der Waals surface area contributed by atoms with Crippen molar-refractivity contribution in [3.05, 3.63) is 59.7 Å². The molecule has 0 saturated heterocycles. The summed E-state index contributed by atoms with van der Waals surface area (Å²) in [6, 6.07) is 12.2. The van der Waals surface area contributed by atoms with Crippen LogP contribution in [0.1, 0.15) is 62.3 Å². The van der Waals surface area contributed by atoms with Crippen molar-refractivity contribution < 1.29 is 38.2 Å². The van der Waals surface area contributed by atoms with Crippen molar-refractivity contribution in [3.8, 4) is 0 Å². The lowest BCUT2D eigenvalue weighted by atomic mass is 10.1. The molecule has 214 valence electrons. The maximum absolute atomic E-state index is 12.9. The summed E-state index contributed by atoms with van der Waals surface area (Å²) < 4.78 is 10.2. The fourth-order valence-electron chi connectivity index (χ4n) is 3.58. The second kappa shape index (κ2) is 14.4. The summed E-state index contributed by atoms with van der Waals surface area (Å²) in [4.78, 5) is 74.1. The predicted molar refractivity (Wildman–Crippen MR) is 146 cm³/mol. The first-order valence-electron chi connectivity index (χ1n) is 12.6. The van der Waals surface area contributed by atoms with E-state index in [-0.39, 0.29) is 34.3 Å². The summed E-state index contributed by atoms with van der Waals surface area (Å²) in [6.45, 7) is 9.22. The second-order valence-electron chi connectivity index (χ2n) is 9.53. The van der Waals surface area contributed by atoms with Crippen molar-refractivity contribution in [3.63, 3.8) is 0 Å². The molecular weight excluding hydrogens is 520 g/mol. The minimum atomic E-state index is -1.07. The lowest BCUT2D eigenvalue weighted by Crippen LogP contribution is -2.43. The number of esters is 2. The molecule has 2 atom stereocenters. The molecule has 0 aromatic heterocycles. The molecule has 4 N–H and O–H groups in total. The highest BCUT2D eigenvalue weighted by Crippen LogP contribution is 2.19. The molecule has 0 aliphatic carbocycles. The Morgan fingerprint density at radius 3 is 1.20 bits per heavy atom. The predicted octanol–water partition coefficient (Wildman–Crippen LogP) is 2.81. The molecule has 0 heterocycles. The van der Waals surface area contributed by atoms with Gasteiger partial charge in [-0.3, -0.25) is 39.6 Å². The highest BCUT2D eigenvalue weighted by Gasteiger charge is 2.28. The Morgan fingerprint density at radius 2 is 0.900 bits per heavy atom. The number of hydrogen-bond donors (Lipinski definition) is 4. The zero-order valence-electron chi connectivity index (χ0n) is 23.2. The Morgan fingerprint density at radius 1 is 0.575 bits per heavy atom. The van der Waals surface area contributed by atoms with Gasteiger partial charge >= 0.3 is 11.9 Å². The Bertz CT molecular complexity index is 1180. The molecule has 12 nitrogen and oxygen atoms in total. The average molecular weight is 555 g/mol. The van der Waals surface area contributed by atoms with E-state index >= 15 is 0 Å². The van der Waals surface area contributed by atoms with Gasteiger partial charge in [-0.15, -0.1) is 0 Å². The first-order chi connectivity index (χ1) is 18.8. The molecule has 0 bridgehead atoms. The molecule has 2 rings (SSSR count). The third-order valence-electron chi connectivity index (χ3n) is 5.46. The smallest absolute Gasteiger partial charge is 0.303 e. The molecule has 0 spiro atoms. The van der Waals surface area contributed by atoms with E-state index in [0.29, 0.717) is 0 Å². The minimum absolute atomic E-state index is 0.0317. The van der Waals surface area contributed by atoms with Gasteiger partial charge in [-0.2, -0.15) is 0 Å². The van der Waals surface area contributed by atoms with E-state index in [2.05, 4.69) is 21.5 Å². The number of carbonyl (C=O) groups excluding carboxylic acids is 6. The molecule has 12 heteroatoms. The SMILES string of the molecule is CC(=O)O[C@H](C(=O)Nc1ccccc1C(=O)NNC(=O)c1ccccc1NC(=O)[C@@H](OC(C)=O)C(C)C)C(C)C. The number of hydrazine groups is 1. The number of para-hydroxylation sites is 2. The van der Waals surface area contributed by atoms with Crippen molar-refractivity contribution in [2.24, 2.45) is 11.8 Å². The highest BCUT2D eigenvalue weighted by atomic mass is 16.6. The van der Waals surface area contributed by atoms with E-state index in [1.165, 1.54) is 38.1 Å². The van der Waals surface area contributed by atoms with Crippen molar-refractivity contribution >= 4 is 46.9 Å². The first kappa shape index (κ1) is 31.5. The zero-order chi connectivity index (χ0) is 30.0. The van der Waals surface area contributed by atoms with Crippen LogP contribution in [0.2, 0.25) is 0 Å². The Hall–Kier alpha value is -4.74. The van der Waals surface area contributed by atoms with E-state index in [1.54, 1.807) is 52.0 Å². The molecule has 0 aliphatic heterocycles. The summed E-state index contributed by atoms with van der Waals surface area (Å²) in [7, 11) is 0. The fraction of sp³-hybridized carbons (Fsp3) is 0.357. The van der Waals surface area contributed by atoms with Crippen LogP contribution >= 0.6 is 0 Å². The maximum Gasteiger partial charge on any atom is 0.303 e. The molecule has 2 aromatic carbocycles. The quantitative estimate of drug-likeness (QED) is 0.257. The number of hydrogen-bond acceptors (Lipinski definition) is 8. The monoisotopic (exact) mass is 554 g/mol. The van der Waals surface area contributed by atoms with E-state index < -0.39 is 47.8 Å². The van der Waals surface area contributed by atoms with Crippen molar-refractivity contribution in [1.29, 1.82) is 0 Å². The molecule has 0 saturated carbocycles. The van der Waals surface area contributed by atoms with Gasteiger partial charge in [-0.1, -0.05) is 52.0 Å². The van der Waals surface area contributed by atoms with E-state index in [4.69, 9.17) is 9.47 Å². The van der Waals surface area contributed by atoms with Crippen LogP contribution < -0.4 is 21.5 Å². The van der Waals surface area contributed by atoms with Crippen LogP contribution in [0.3, 0.4) is 0 Å². The van der Waals surface area contributed by atoms with Crippen molar-refractivity contribution in [2.75, 3.05) is 10.6 Å². The van der Waals surface area contributed by atoms with Gasteiger partial charge in [0.2, 0.25) is 0 Å². The zero-order valence-corrected chi connectivity index (χ0v) is 23.2.